The molecule has 0 amide bonds. The summed E-state index contributed by atoms with van der Waals surface area (Å²) in [6.45, 7) is 12.1. The van der Waals surface area contributed by atoms with Crippen molar-refractivity contribution in [2.75, 3.05) is 32.0 Å². The number of nitrogens with two attached hydrogens (primary N) is 1. The number of ether oxygens (including phenoxy) is 1. The number of rotatable bonds is 7. The van der Waals surface area contributed by atoms with Gasteiger partial charge in [-0.05, 0) is 19.0 Å². The van der Waals surface area contributed by atoms with Crippen LogP contribution in [0.15, 0.2) is 0 Å². The molecule has 0 atom stereocenters. The lowest BCUT2D eigenvalue weighted by Gasteiger charge is -2.18. The van der Waals surface area contributed by atoms with Gasteiger partial charge in [0.25, 0.3) is 0 Å². The van der Waals surface area contributed by atoms with E-state index < -0.39 is 0 Å². The van der Waals surface area contributed by atoms with Crippen LogP contribution in [0.3, 0.4) is 0 Å². The zero-order valence-electron chi connectivity index (χ0n) is 12.2. The molecule has 104 valence electrons. The van der Waals surface area contributed by atoms with Crippen LogP contribution in [0, 0.1) is 0 Å². The van der Waals surface area contributed by atoms with Gasteiger partial charge in [-0.25, -0.2) is 4.68 Å². The molecule has 1 heterocycles. The quantitative estimate of drug-likeness (QED) is 0.806. The molecule has 5 nitrogen and oxygen atoms in total. The maximum Gasteiger partial charge on any atom is 0.235 e. The smallest absolute Gasteiger partial charge is 0.235 e. The molecule has 0 unspecified atom stereocenters. The summed E-state index contributed by atoms with van der Waals surface area (Å²) in [5.74, 6) is 1.00. The lowest BCUT2D eigenvalue weighted by Crippen LogP contribution is -2.28. The standard InChI is InChI=1S/C13H26N4O/c1-6-17(7-2)8-9-18-13-11(14)12(10(3)4)15-16(13)5/h10H,6-9,14H2,1-5H3. The van der Waals surface area contributed by atoms with E-state index in [0.717, 1.165) is 25.3 Å². The van der Waals surface area contributed by atoms with E-state index in [1.165, 1.54) is 0 Å². The highest BCUT2D eigenvalue weighted by Crippen LogP contribution is 2.29. The Hall–Kier alpha value is -1.23. The number of anilines is 1. The van der Waals surface area contributed by atoms with E-state index in [0.29, 0.717) is 24.1 Å². The molecule has 0 radical (unpaired) electrons. The Kier molecular flexibility index (Phi) is 5.47. The van der Waals surface area contributed by atoms with Gasteiger partial charge >= 0.3 is 0 Å². The molecule has 0 saturated heterocycles. The predicted molar refractivity (Wildman–Crippen MR) is 75.0 cm³/mol. The van der Waals surface area contributed by atoms with Crippen LogP contribution < -0.4 is 10.5 Å². The van der Waals surface area contributed by atoms with E-state index >= 15 is 0 Å². The molecule has 0 aliphatic heterocycles. The Labute approximate surface area is 110 Å². The number of nitrogens with zero attached hydrogens (tertiary/aromatic N) is 3. The first kappa shape index (κ1) is 14.8. The van der Waals surface area contributed by atoms with Crippen LogP contribution in [-0.2, 0) is 7.05 Å². The van der Waals surface area contributed by atoms with Crippen molar-refractivity contribution in [2.45, 2.75) is 33.6 Å². The summed E-state index contributed by atoms with van der Waals surface area (Å²) in [5.41, 5.74) is 7.65. The lowest BCUT2D eigenvalue weighted by molar-refractivity contribution is 0.213. The molecule has 0 bridgehead atoms. The minimum Gasteiger partial charge on any atom is -0.475 e. The number of aromatic nitrogens is 2. The third kappa shape index (κ3) is 3.38. The van der Waals surface area contributed by atoms with Gasteiger partial charge in [-0.2, -0.15) is 5.10 Å². The van der Waals surface area contributed by atoms with Crippen LogP contribution in [0.1, 0.15) is 39.3 Å². The first-order valence-electron chi connectivity index (χ1n) is 6.68. The summed E-state index contributed by atoms with van der Waals surface area (Å²) < 4.78 is 7.50. The van der Waals surface area contributed by atoms with E-state index in [2.05, 4.69) is 37.7 Å². The minimum atomic E-state index is 0.316. The SMILES string of the molecule is CCN(CC)CCOc1c(N)c(C(C)C)nn1C. The van der Waals surface area contributed by atoms with Crippen molar-refractivity contribution in [3.8, 4) is 5.88 Å². The number of hydrogen-bond acceptors (Lipinski definition) is 4. The summed E-state index contributed by atoms with van der Waals surface area (Å²) in [6, 6.07) is 0. The predicted octanol–water partition coefficient (Wildman–Crippen LogP) is 1.85. The second kappa shape index (κ2) is 6.64. The third-order valence-corrected chi connectivity index (χ3v) is 3.15. The van der Waals surface area contributed by atoms with Crippen LogP contribution in [0.4, 0.5) is 5.69 Å². The van der Waals surface area contributed by atoms with Crippen molar-refractivity contribution in [2.24, 2.45) is 7.05 Å². The molecule has 0 aromatic carbocycles. The second-order valence-corrected chi connectivity index (χ2v) is 4.76. The molecule has 5 heteroatoms. The minimum absolute atomic E-state index is 0.316. The highest BCUT2D eigenvalue weighted by Gasteiger charge is 2.17. The Morgan fingerprint density at radius 3 is 2.39 bits per heavy atom. The van der Waals surface area contributed by atoms with Gasteiger partial charge in [0.05, 0.1) is 5.69 Å². The van der Waals surface area contributed by atoms with Gasteiger partial charge in [-0.3, -0.25) is 0 Å². The van der Waals surface area contributed by atoms with Crippen molar-refractivity contribution in [1.29, 1.82) is 0 Å². The number of aryl methyl sites for hydroxylation is 1. The van der Waals surface area contributed by atoms with Crippen LogP contribution in [-0.4, -0.2) is 40.9 Å². The van der Waals surface area contributed by atoms with Crippen molar-refractivity contribution in [3.63, 3.8) is 0 Å². The first-order valence-corrected chi connectivity index (χ1v) is 6.68. The van der Waals surface area contributed by atoms with Crippen LogP contribution >= 0.6 is 0 Å². The summed E-state index contributed by atoms with van der Waals surface area (Å²) >= 11 is 0. The molecule has 1 aromatic heterocycles. The van der Waals surface area contributed by atoms with E-state index in [-0.39, 0.29) is 0 Å². The van der Waals surface area contributed by atoms with Crippen molar-refractivity contribution < 1.29 is 4.74 Å². The van der Waals surface area contributed by atoms with E-state index in [9.17, 15) is 0 Å². The third-order valence-electron chi connectivity index (χ3n) is 3.15. The summed E-state index contributed by atoms with van der Waals surface area (Å²) in [6.07, 6.45) is 0. The van der Waals surface area contributed by atoms with Gasteiger partial charge < -0.3 is 15.4 Å². The monoisotopic (exact) mass is 254 g/mol. The fourth-order valence-electron chi connectivity index (χ4n) is 1.95. The summed E-state index contributed by atoms with van der Waals surface area (Å²) in [5, 5.41) is 4.40. The van der Waals surface area contributed by atoms with Gasteiger partial charge in [0, 0.05) is 13.6 Å². The topological polar surface area (TPSA) is 56.3 Å². The van der Waals surface area contributed by atoms with E-state index in [4.69, 9.17) is 10.5 Å². The second-order valence-electron chi connectivity index (χ2n) is 4.76. The van der Waals surface area contributed by atoms with E-state index in [1.54, 1.807) is 4.68 Å². The molecule has 1 aromatic rings. The van der Waals surface area contributed by atoms with Gasteiger partial charge in [0.1, 0.15) is 12.3 Å². The molecule has 0 spiro atoms. The van der Waals surface area contributed by atoms with Crippen molar-refractivity contribution in [1.82, 2.24) is 14.7 Å². The van der Waals surface area contributed by atoms with Gasteiger partial charge in [0.15, 0.2) is 0 Å². The molecule has 2 N–H and O–H groups in total. The maximum atomic E-state index is 6.07. The Morgan fingerprint density at radius 1 is 1.33 bits per heavy atom. The normalized spacial score (nSPS) is 11.5. The molecule has 0 aliphatic carbocycles. The molecule has 18 heavy (non-hydrogen) atoms. The van der Waals surface area contributed by atoms with Gasteiger partial charge in [0.2, 0.25) is 5.88 Å². The fourth-order valence-corrected chi connectivity index (χ4v) is 1.95. The largest absolute Gasteiger partial charge is 0.475 e. The molecular weight excluding hydrogens is 228 g/mol. The fraction of sp³-hybridized carbons (Fsp3) is 0.769. The molecule has 0 aliphatic rings. The first-order chi connectivity index (χ1) is 8.51. The van der Waals surface area contributed by atoms with Crippen LogP contribution in [0.5, 0.6) is 5.88 Å². The number of hydrogen-bond donors (Lipinski definition) is 1. The highest BCUT2D eigenvalue weighted by atomic mass is 16.5. The Bertz CT molecular complexity index is 369. The zero-order chi connectivity index (χ0) is 13.7. The Balaban J connectivity index is 2.62. The molecule has 1 rings (SSSR count). The number of likely N-dealkylation sites (N-methyl/N-ethyl adjacent to an activating group) is 1. The zero-order valence-corrected chi connectivity index (χ0v) is 12.2. The average Bonchev–Trinajstić information content (AvgIpc) is 2.62. The van der Waals surface area contributed by atoms with Gasteiger partial charge in [-0.1, -0.05) is 27.7 Å². The molecule has 0 fully saturated rings. The maximum absolute atomic E-state index is 6.07. The molecule has 0 saturated carbocycles. The lowest BCUT2D eigenvalue weighted by atomic mass is 10.1. The number of nitrogen functional groups attached to an aromatic ring is 1. The van der Waals surface area contributed by atoms with Crippen LogP contribution in [0.2, 0.25) is 0 Å². The van der Waals surface area contributed by atoms with E-state index in [1.807, 2.05) is 7.05 Å². The summed E-state index contributed by atoms with van der Waals surface area (Å²) in [4.78, 5) is 2.32. The van der Waals surface area contributed by atoms with Crippen LogP contribution in [0.25, 0.3) is 0 Å². The Morgan fingerprint density at radius 2 is 1.94 bits per heavy atom. The van der Waals surface area contributed by atoms with Crippen molar-refractivity contribution in [3.05, 3.63) is 5.69 Å². The average molecular weight is 254 g/mol. The van der Waals surface area contributed by atoms with Crippen molar-refractivity contribution >= 4 is 5.69 Å². The molecular formula is C13H26N4O. The highest BCUT2D eigenvalue weighted by molar-refractivity contribution is 5.54. The summed E-state index contributed by atoms with van der Waals surface area (Å²) in [7, 11) is 1.87. The van der Waals surface area contributed by atoms with Gasteiger partial charge in [-0.15, -0.1) is 0 Å².